The largest absolute Gasteiger partial charge is 0.355 e. The predicted octanol–water partition coefficient (Wildman–Crippen LogP) is 9.08. The van der Waals surface area contributed by atoms with Gasteiger partial charge in [-0.1, -0.05) is 61.2 Å². The van der Waals surface area contributed by atoms with Gasteiger partial charge in [-0.2, -0.15) is 33.7 Å². The summed E-state index contributed by atoms with van der Waals surface area (Å²) in [4.78, 5) is 50.4. The Morgan fingerprint density at radius 1 is 0.385 bits per heavy atom. The summed E-state index contributed by atoms with van der Waals surface area (Å²) in [5, 5.41) is 15.6. The third kappa shape index (κ3) is 12.4. The molecule has 8 aromatic carbocycles. The Labute approximate surface area is 445 Å². The number of urea groups is 1. The number of nitrogens with one attached hydrogen (secondary N) is 6. The van der Waals surface area contributed by atoms with Crippen molar-refractivity contribution in [2.75, 3.05) is 31.9 Å². The Morgan fingerprint density at radius 3 is 1.35 bits per heavy atom. The molecule has 8 rings (SSSR count). The molecule has 0 saturated heterocycles. The topological polar surface area (TPSA) is 358 Å². The van der Waals surface area contributed by atoms with E-state index < -0.39 is 95.4 Å². The van der Waals surface area contributed by atoms with E-state index in [1.54, 1.807) is 68.4 Å². The van der Waals surface area contributed by atoms with Crippen LogP contribution in [0.15, 0.2) is 172 Å². The Morgan fingerprint density at radius 2 is 0.833 bits per heavy atom. The molecule has 0 spiro atoms. The molecule has 0 atom stereocenters. The van der Waals surface area contributed by atoms with E-state index in [-0.39, 0.29) is 38.6 Å². The van der Waals surface area contributed by atoms with Crippen LogP contribution in [0.5, 0.6) is 0 Å². The summed E-state index contributed by atoms with van der Waals surface area (Å²) in [6.07, 6.45) is 0. The van der Waals surface area contributed by atoms with E-state index in [0.29, 0.717) is 56.7 Å². The molecule has 400 valence electrons. The van der Waals surface area contributed by atoms with E-state index in [2.05, 4.69) is 38.5 Å². The van der Waals surface area contributed by atoms with E-state index in [1.165, 1.54) is 66.7 Å². The van der Waals surface area contributed by atoms with Gasteiger partial charge >= 0.3 is 6.03 Å². The highest BCUT2D eigenvalue weighted by molar-refractivity contribution is 7.87. The molecule has 0 aliphatic rings. The second kappa shape index (κ2) is 21.3. The fourth-order valence-electron chi connectivity index (χ4n) is 8.11. The number of fused-ring (bicyclic) bond motifs is 2. The molecule has 0 aliphatic heterocycles. The van der Waals surface area contributed by atoms with E-state index >= 15 is 0 Å². The summed E-state index contributed by atoms with van der Waals surface area (Å²) in [5.74, 6) is -2.19. The summed E-state index contributed by atoms with van der Waals surface area (Å²) < 4.78 is 137. The smallest absolute Gasteiger partial charge is 0.323 e. The third-order valence-corrected chi connectivity index (χ3v) is 15.4. The number of amides is 5. The second-order valence-corrected chi connectivity index (χ2v) is 22.9. The lowest BCUT2D eigenvalue weighted by atomic mass is 10.1. The summed E-state index contributed by atoms with van der Waals surface area (Å²) in [6.45, 7) is 7.52. The Kier molecular flexibility index (Phi) is 15.1. The maximum atomic E-state index is 13.7. The molecule has 0 heterocycles. The van der Waals surface area contributed by atoms with Gasteiger partial charge in [-0.15, -0.1) is 0 Å². The van der Waals surface area contributed by atoms with Crippen molar-refractivity contribution in [3.05, 3.63) is 186 Å². The summed E-state index contributed by atoms with van der Waals surface area (Å²) in [5.41, 5.74) is 3.26. The number of anilines is 6. The van der Waals surface area contributed by atoms with Gasteiger partial charge in [0, 0.05) is 72.4 Å². The SMILES string of the molecule is C=C(Nc1ccc(S(=O)(=O)O)c2ccccc12)c1ccc(C)c(NC(=O)c2cccc(NC(=O)Nc3cccc(C(=O)Nc4cc(C(=O)Nc5ccc(S(=O)(=O)O)c6cc(S(=O)(=O)O)cc(S(=O)(=O)O)c56)ccc4C)c3)c2)c1. The maximum absolute atomic E-state index is 13.7. The minimum absolute atomic E-state index is 0.0506. The van der Waals surface area contributed by atoms with Crippen molar-refractivity contribution in [1.82, 2.24) is 0 Å². The van der Waals surface area contributed by atoms with Crippen LogP contribution in [0.2, 0.25) is 0 Å². The molecule has 0 radical (unpaired) electrons. The Hall–Kier alpha value is -8.86. The van der Waals surface area contributed by atoms with E-state index in [9.17, 15) is 71.1 Å². The standard InChI is InChI=1S/C52H42N6O16S4/c1-28-14-16-31(30(3)53-41-18-20-45(76(66,67)68)39-13-5-4-12-38(39)41)24-43(28)57-49(59)32-8-6-10-35(22-32)54-52(62)55-36-11-7-9-33(23-36)50(60)58-44-25-34(17-15-29(44)2)51(61)56-42-19-21-46(77(69,70)71)40-26-37(75(63,64)65)27-47(48(40)42)78(72,73)74/h4-27,53H,3H2,1-2H3,(H,56,61)(H,57,59)(H,58,60)(H2,54,55,62)(H,63,64,65)(H,66,67,68)(H,69,70,71)(H,72,73,74). The highest BCUT2D eigenvalue weighted by atomic mass is 32.2. The van der Waals surface area contributed by atoms with Crippen LogP contribution in [-0.4, -0.2) is 75.6 Å². The van der Waals surface area contributed by atoms with Crippen molar-refractivity contribution in [1.29, 1.82) is 0 Å². The van der Waals surface area contributed by atoms with Crippen molar-refractivity contribution in [2.24, 2.45) is 0 Å². The van der Waals surface area contributed by atoms with Gasteiger partial charge in [-0.05, 0) is 122 Å². The first kappa shape index (κ1) is 55.4. The summed E-state index contributed by atoms with van der Waals surface area (Å²) in [7, 11) is -20.3. The molecule has 22 nitrogen and oxygen atoms in total. The zero-order chi connectivity index (χ0) is 56.6. The lowest BCUT2D eigenvalue weighted by Crippen LogP contribution is -2.20. The van der Waals surface area contributed by atoms with Gasteiger partial charge in [0.15, 0.2) is 0 Å². The van der Waals surface area contributed by atoms with Crippen molar-refractivity contribution >= 4 is 126 Å². The van der Waals surface area contributed by atoms with Gasteiger partial charge in [0.1, 0.15) is 14.7 Å². The van der Waals surface area contributed by atoms with Gasteiger partial charge in [0.2, 0.25) is 0 Å². The van der Waals surface area contributed by atoms with Crippen molar-refractivity contribution in [3.8, 4) is 0 Å². The predicted molar refractivity (Wildman–Crippen MR) is 292 cm³/mol. The average Bonchev–Trinajstić information content (AvgIpc) is 3.48. The van der Waals surface area contributed by atoms with Crippen LogP contribution in [0, 0.1) is 13.8 Å². The van der Waals surface area contributed by atoms with Crippen molar-refractivity contribution < 1.29 is 71.1 Å². The molecule has 0 unspecified atom stereocenters. The van der Waals surface area contributed by atoms with Gasteiger partial charge in [-0.25, -0.2) is 4.79 Å². The first-order chi connectivity index (χ1) is 36.5. The minimum Gasteiger partial charge on any atom is -0.355 e. The molecular formula is C52H42N6O16S4. The lowest BCUT2D eigenvalue weighted by Gasteiger charge is -2.16. The molecule has 0 bridgehead atoms. The van der Waals surface area contributed by atoms with Gasteiger partial charge in [0.25, 0.3) is 58.2 Å². The van der Waals surface area contributed by atoms with Crippen molar-refractivity contribution in [2.45, 2.75) is 33.4 Å². The number of carbonyl (C=O) groups excluding carboxylic acids is 4. The zero-order valence-electron chi connectivity index (χ0n) is 40.4. The molecule has 5 amide bonds. The van der Waals surface area contributed by atoms with E-state index in [4.69, 9.17) is 0 Å². The van der Waals surface area contributed by atoms with Crippen LogP contribution in [0.4, 0.5) is 38.9 Å². The van der Waals surface area contributed by atoms with Crippen LogP contribution >= 0.6 is 0 Å². The summed E-state index contributed by atoms with van der Waals surface area (Å²) in [6, 6.07) is 32.2. The van der Waals surface area contributed by atoms with E-state index in [1.807, 2.05) is 0 Å². The third-order valence-electron chi connectivity index (χ3n) is 11.9. The molecule has 10 N–H and O–H groups in total. The van der Waals surface area contributed by atoms with Crippen molar-refractivity contribution in [3.63, 3.8) is 0 Å². The molecule has 0 aliphatic carbocycles. The molecule has 8 aromatic rings. The average molecular weight is 1140 g/mol. The first-order valence-corrected chi connectivity index (χ1v) is 28.2. The molecule has 0 saturated carbocycles. The number of benzene rings is 8. The Bertz CT molecular complexity index is 4360. The van der Waals surface area contributed by atoms with Gasteiger partial charge in [-0.3, -0.25) is 32.6 Å². The van der Waals surface area contributed by atoms with Gasteiger partial charge in [0.05, 0.1) is 10.6 Å². The molecule has 0 fully saturated rings. The number of carbonyl (C=O) groups is 4. The Balaban J connectivity index is 0.924. The van der Waals surface area contributed by atoms with E-state index in [0.717, 1.165) is 12.1 Å². The number of aryl methyl sites for hydroxylation is 2. The number of rotatable bonds is 15. The molecule has 78 heavy (non-hydrogen) atoms. The number of hydrogen-bond acceptors (Lipinski definition) is 13. The van der Waals surface area contributed by atoms with Crippen LogP contribution in [0.3, 0.4) is 0 Å². The normalized spacial score (nSPS) is 11.9. The minimum atomic E-state index is -5.41. The molecule has 0 aromatic heterocycles. The first-order valence-electron chi connectivity index (χ1n) is 22.5. The van der Waals surface area contributed by atoms with Crippen LogP contribution in [0.1, 0.15) is 47.8 Å². The van der Waals surface area contributed by atoms with Crippen LogP contribution in [0.25, 0.3) is 27.2 Å². The molecule has 26 heteroatoms. The monoisotopic (exact) mass is 1130 g/mol. The maximum Gasteiger partial charge on any atom is 0.323 e. The number of hydrogen-bond donors (Lipinski definition) is 10. The summed E-state index contributed by atoms with van der Waals surface area (Å²) >= 11 is 0. The highest BCUT2D eigenvalue weighted by Gasteiger charge is 2.28. The van der Waals surface area contributed by atoms with Gasteiger partial charge < -0.3 is 31.9 Å². The van der Waals surface area contributed by atoms with Crippen LogP contribution in [-0.2, 0) is 40.5 Å². The van der Waals surface area contributed by atoms with Crippen LogP contribution < -0.4 is 31.9 Å². The quantitative estimate of drug-likeness (QED) is 0.0428. The fourth-order valence-corrected chi connectivity index (χ4v) is 10.8. The molecular weight excluding hydrogens is 1090 g/mol. The second-order valence-electron chi connectivity index (χ2n) is 17.3. The lowest BCUT2D eigenvalue weighted by molar-refractivity contribution is 0.101. The zero-order valence-corrected chi connectivity index (χ0v) is 43.7. The highest BCUT2D eigenvalue weighted by Crippen LogP contribution is 2.38. The fraction of sp³-hybridized carbons (Fsp3) is 0.0385.